The lowest BCUT2D eigenvalue weighted by atomic mass is 9.96. The summed E-state index contributed by atoms with van der Waals surface area (Å²) in [5.74, 6) is -0.435. The van der Waals surface area contributed by atoms with Crippen LogP contribution in [0.5, 0.6) is 0 Å². The molecule has 1 N–H and O–H groups in total. The van der Waals surface area contributed by atoms with Gasteiger partial charge in [-0.05, 0) is 44.6 Å². The van der Waals surface area contributed by atoms with E-state index in [1.807, 2.05) is 31.2 Å². The Kier molecular flexibility index (Phi) is 5.60. The first-order chi connectivity index (χ1) is 14.0. The fourth-order valence-corrected chi connectivity index (χ4v) is 3.91. The van der Waals surface area contributed by atoms with E-state index in [1.54, 1.807) is 0 Å². The predicted octanol–water partition coefficient (Wildman–Crippen LogP) is 5.03. The number of rotatable bonds is 4. The fourth-order valence-electron chi connectivity index (χ4n) is 3.91. The number of hydrogen-bond donors (Lipinski definition) is 1. The van der Waals surface area contributed by atoms with Crippen molar-refractivity contribution in [3.8, 4) is 0 Å². The molecule has 4 rings (SSSR count). The normalized spacial score (nSPS) is 21.4. The minimum Gasteiger partial charge on any atom is -0.363 e. The summed E-state index contributed by atoms with van der Waals surface area (Å²) in [7, 11) is 0. The van der Waals surface area contributed by atoms with Crippen LogP contribution in [-0.4, -0.2) is 27.9 Å². The highest BCUT2D eigenvalue weighted by atomic mass is 19.3. The zero-order valence-electron chi connectivity index (χ0n) is 16.3. The highest BCUT2D eigenvalue weighted by Crippen LogP contribution is 2.39. The largest absolute Gasteiger partial charge is 0.371 e. The van der Waals surface area contributed by atoms with E-state index < -0.39 is 18.4 Å². The number of fused-ring (bicyclic) bond motifs is 1. The van der Waals surface area contributed by atoms with Gasteiger partial charge < -0.3 is 10.2 Å². The van der Waals surface area contributed by atoms with E-state index in [-0.39, 0.29) is 23.8 Å². The highest BCUT2D eigenvalue weighted by molar-refractivity contribution is 5.95. The minimum absolute atomic E-state index is 0.118. The van der Waals surface area contributed by atoms with Gasteiger partial charge in [0.1, 0.15) is 17.4 Å². The number of aryl methyl sites for hydroxylation is 1. The summed E-state index contributed by atoms with van der Waals surface area (Å²) in [6.45, 7) is 1.97. The summed E-state index contributed by atoms with van der Waals surface area (Å²) >= 11 is 0. The fraction of sp³-hybridized carbons (Fsp3) is 0.476. The van der Waals surface area contributed by atoms with E-state index in [2.05, 4.69) is 15.6 Å². The number of carbonyl (C=O) groups is 1. The van der Waals surface area contributed by atoms with Gasteiger partial charge in [0, 0.05) is 0 Å². The van der Waals surface area contributed by atoms with Crippen LogP contribution in [0.4, 0.5) is 14.6 Å². The van der Waals surface area contributed by atoms with Gasteiger partial charge >= 0.3 is 5.97 Å². The molecule has 8 heteroatoms. The Balaban J connectivity index is 1.59. The Morgan fingerprint density at radius 2 is 1.97 bits per heavy atom. The molecule has 1 aromatic heterocycles. The third kappa shape index (κ3) is 4.16. The van der Waals surface area contributed by atoms with Crippen molar-refractivity contribution in [3.05, 3.63) is 47.2 Å². The van der Waals surface area contributed by atoms with Gasteiger partial charge in [0.2, 0.25) is 0 Å². The number of nitrogens with one attached hydrogen (secondary N) is 1. The molecule has 1 saturated carbocycles. The summed E-state index contributed by atoms with van der Waals surface area (Å²) in [6, 6.07) is 6.23. The van der Waals surface area contributed by atoms with Gasteiger partial charge in [-0.1, -0.05) is 41.4 Å². The lowest BCUT2D eigenvalue weighted by molar-refractivity contribution is 0.0509. The van der Waals surface area contributed by atoms with Crippen molar-refractivity contribution in [2.24, 2.45) is 5.16 Å². The Bertz CT molecular complexity index is 900. The first-order valence-electron chi connectivity index (χ1n) is 9.99. The van der Waals surface area contributed by atoms with Crippen LogP contribution in [0.15, 0.2) is 35.6 Å². The Hall–Kier alpha value is -2.77. The van der Waals surface area contributed by atoms with E-state index in [9.17, 15) is 13.6 Å². The third-order valence-electron chi connectivity index (χ3n) is 5.58. The van der Waals surface area contributed by atoms with Gasteiger partial charge in [0.05, 0.1) is 18.0 Å². The van der Waals surface area contributed by atoms with Crippen molar-refractivity contribution in [3.63, 3.8) is 0 Å². The molecule has 1 fully saturated rings. The lowest BCUT2D eigenvalue weighted by Gasteiger charge is -2.32. The number of aromatic nitrogens is 2. The molecule has 0 spiro atoms. The summed E-state index contributed by atoms with van der Waals surface area (Å²) in [5, 5.41) is 11.2. The van der Waals surface area contributed by atoms with Gasteiger partial charge in [0.15, 0.2) is 0 Å². The summed E-state index contributed by atoms with van der Waals surface area (Å²) < 4.78 is 28.6. The van der Waals surface area contributed by atoms with E-state index in [1.165, 1.54) is 10.9 Å². The van der Waals surface area contributed by atoms with Crippen LogP contribution in [0.1, 0.15) is 72.1 Å². The average molecular weight is 402 g/mol. The molecular formula is C21H24F2N4O2. The van der Waals surface area contributed by atoms with Crippen LogP contribution in [0.3, 0.4) is 0 Å². The van der Waals surface area contributed by atoms with Crippen molar-refractivity contribution in [2.45, 2.75) is 64.0 Å². The molecule has 2 aliphatic rings. The molecule has 1 aromatic carbocycles. The monoisotopic (exact) mass is 402 g/mol. The maximum absolute atomic E-state index is 13.7. The van der Waals surface area contributed by atoms with Crippen LogP contribution in [0, 0.1) is 6.92 Å². The molecule has 29 heavy (non-hydrogen) atoms. The molecule has 6 nitrogen and oxygen atoms in total. The van der Waals surface area contributed by atoms with Gasteiger partial charge in [-0.3, -0.25) is 0 Å². The van der Waals surface area contributed by atoms with E-state index in [0.29, 0.717) is 0 Å². The lowest BCUT2D eigenvalue weighted by Crippen LogP contribution is -2.31. The number of oxime groups is 1. The summed E-state index contributed by atoms with van der Waals surface area (Å²) in [5.41, 5.74) is 2.95. The number of anilines is 1. The van der Waals surface area contributed by atoms with Gasteiger partial charge in [-0.15, -0.1) is 0 Å². The molecular weight excluding hydrogens is 378 g/mol. The van der Waals surface area contributed by atoms with E-state index in [4.69, 9.17) is 4.84 Å². The highest BCUT2D eigenvalue weighted by Gasteiger charge is 2.36. The molecule has 0 radical (unpaired) electrons. The second-order valence-corrected chi connectivity index (χ2v) is 7.69. The standard InChI is InChI=1S/C21H24F2N4O2/c1-13-7-9-14(10-8-13)17-11-18(19(22)23)27-20(25-17)16(12-24-27)21(28)29-26-15-5-3-2-4-6-15/h7-10,12,17-19,25H,2-6,11H2,1H3. The van der Waals surface area contributed by atoms with Crippen molar-refractivity contribution in [1.29, 1.82) is 0 Å². The maximum Gasteiger partial charge on any atom is 0.371 e. The molecule has 154 valence electrons. The third-order valence-corrected chi connectivity index (χ3v) is 5.58. The molecule has 0 bridgehead atoms. The minimum atomic E-state index is -2.60. The van der Waals surface area contributed by atoms with E-state index >= 15 is 0 Å². The first kappa shape index (κ1) is 19.5. The smallest absolute Gasteiger partial charge is 0.363 e. The van der Waals surface area contributed by atoms with Crippen LogP contribution < -0.4 is 5.32 Å². The summed E-state index contributed by atoms with van der Waals surface area (Å²) in [6.07, 6.45) is 3.72. The van der Waals surface area contributed by atoms with Crippen molar-refractivity contribution in [2.75, 3.05) is 5.32 Å². The van der Waals surface area contributed by atoms with Gasteiger partial charge in [-0.2, -0.15) is 5.10 Å². The summed E-state index contributed by atoms with van der Waals surface area (Å²) in [4.78, 5) is 17.7. The molecule has 1 aliphatic heterocycles. The Morgan fingerprint density at radius 1 is 1.24 bits per heavy atom. The Labute approximate surface area is 167 Å². The Morgan fingerprint density at radius 3 is 2.66 bits per heavy atom. The van der Waals surface area contributed by atoms with Crippen LogP contribution >= 0.6 is 0 Å². The SMILES string of the molecule is Cc1ccc(C2CC(C(F)F)n3ncc(C(=O)ON=C4CCCCC4)c3N2)cc1. The molecule has 1 aliphatic carbocycles. The number of carbonyl (C=O) groups excluding carboxylic acids is 1. The topological polar surface area (TPSA) is 68.5 Å². The zero-order chi connectivity index (χ0) is 20.4. The van der Waals surface area contributed by atoms with E-state index in [0.717, 1.165) is 48.9 Å². The number of halogens is 2. The van der Waals surface area contributed by atoms with Crippen LogP contribution in [-0.2, 0) is 4.84 Å². The molecule has 2 unspecified atom stereocenters. The van der Waals surface area contributed by atoms with Crippen LogP contribution in [0.25, 0.3) is 0 Å². The number of benzene rings is 1. The predicted molar refractivity (Wildman–Crippen MR) is 105 cm³/mol. The molecule has 2 aromatic rings. The average Bonchev–Trinajstić information content (AvgIpc) is 3.16. The van der Waals surface area contributed by atoms with Crippen molar-refractivity contribution < 1.29 is 18.4 Å². The number of nitrogens with zero attached hydrogens (tertiary/aromatic N) is 3. The molecule has 0 amide bonds. The first-order valence-corrected chi connectivity index (χ1v) is 9.99. The zero-order valence-corrected chi connectivity index (χ0v) is 16.3. The maximum atomic E-state index is 13.7. The second kappa shape index (κ2) is 8.31. The quantitative estimate of drug-likeness (QED) is 0.575. The van der Waals surface area contributed by atoms with Gasteiger partial charge in [-0.25, -0.2) is 18.3 Å². The van der Waals surface area contributed by atoms with Gasteiger partial charge in [0.25, 0.3) is 6.43 Å². The number of alkyl halides is 2. The van der Waals surface area contributed by atoms with Crippen LogP contribution in [0.2, 0.25) is 0 Å². The van der Waals surface area contributed by atoms with Crippen molar-refractivity contribution >= 4 is 17.5 Å². The molecule has 0 saturated heterocycles. The molecule has 2 atom stereocenters. The number of hydrogen-bond acceptors (Lipinski definition) is 5. The molecule has 2 heterocycles. The van der Waals surface area contributed by atoms with Crippen molar-refractivity contribution in [1.82, 2.24) is 9.78 Å². The second-order valence-electron chi connectivity index (χ2n) is 7.69.